The summed E-state index contributed by atoms with van der Waals surface area (Å²) in [4.78, 5) is 24.3. The molecule has 5 nitrogen and oxygen atoms in total. The summed E-state index contributed by atoms with van der Waals surface area (Å²) in [6, 6.07) is 10.4. The van der Waals surface area contributed by atoms with E-state index in [1.54, 1.807) is 18.2 Å². The molecule has 0 aliphatic rings. The van der Waals surface area contributed by atoms with Crippen molar-refractivity contribution >= 4 is 16.7 Å². The molecule has 0 radical (unpaired) electrons. The van der Waals surface area contributed by atoms with Crippen LogP contribution in [0.4, 0.5) is 10.1 Å². The molecule has 1 aromatic heterocycles. The van der Waals surface area contributed by atoms with E-state index in [0.717, 1.165) is 10.1 Å². The zero-order chi connectivity index (χ0) is 15.7. The minimum absolute atomic E-state index is 0.150. The molecule has 0 fully saturated rings. The Hall–Kier alpha value is -2.89. The summed E-state index contributed by atoms with van der Waals surface area (Å²) in [6.07, 6.45) is 0.415. The lowest BCUT2D eigenvalue weighted by atomic mass is 10.1. The maximum atomic E-state index is 12.9. The molecule has 0 aliphatic heterocycles. The summed E-state index contributed by atoms with van der Waals surface area (Å²) in [5.74, 6) is -1.05. The van der Waals surface area contributed by atoms with Gasteiger partial charge < -0.3 is 10.2 Å². The zero-order valence-electron chi connectivity index (χ0n) is 11.6. The Morgan fingerprint density at radius 1 is 1.09 bits per heavy atom. The molecular weight excluding hydrogens is 287 g/mol. The summed E-state index contributed by atoms with van der Waals surface area (Å²) < 4.78 is 19.0. The molecule has 1 heterocycles. The van der Waals surface area contributed by atoms with Gasteiger partial charge in [-0.25, -0.2) is 13.8 Å². The van der Waals surface area contributed by atoms with E-state index in [2.05, 4.69) is 0 Å². The first kappa shape index (κ1) is 14.1. The Kier molecular flexibility index (Phi) is 3.50. The third-order valence-corrected chi connectivity index (χ3v) is 3.43. The first-order chi connectivity index (χ1) is 10.5. The lowest BCUT2D eigenvalue weighted by Crippen LogP contribution is -2.33. The van der Waals surface area contributed by atoms with Gasteiger partial charge in [-0.05, 0) is 42.3 Å². The monoisotopic (exact) mass is 300 g/mol. The number of nitrogens with zero attached hydrogens (tertiary/aromatic N) is 1. The Morgan fingerprint density at radius 2 is 1.82 bits per heavy atom. The van der Waals surface area contributed by atoms with Gasteiger partial charge in [0.25, 0.3) is 5.56 Å². The Morgan fingerprint density at radius 3 is 2.55 bits per heavy atom. The SMILES string of the molecule is Nc1ccc2oc(=O)n(CCc3ccc(F)cc3)c(=O)c2c1. The first-order valence-corrected chi connectivity index (χ1v) is 6.72. The van der Waals surface area contributed by atoms with E-state index in [0.29, 0.717) is 12.1 Å². The second-order valence-corrected chi connectivity index (χ2v) is 4.96. The Bertz CT molecular complexity index is 942. The van der Waals surface area contributed by atoms with Crippen LogP contribution in [-0.2, 0) is 13.0 Å². The molecule has 0 amide bonds. The van der Waals surface area contributed by atoms with Crippen LogP contribution >= 0.6 is 0 Å². The fourth-order valence-electron chi connectivity index (χ4n) is 2.27. The molecular formula is C16H13FN2O3. The summed E-state index contributed by atoms with van der Waals surface area (Å²) in [7, 11) is 0. The number of aromatic nitrogens is 1. The minimum Gasteiger partial charge on any atom is -0.409 e. The van der Waals surface area contributed by atoms with Gasteiger partial charge in [-0.15, -0.1) is 0 Å². The van der Waals surface area contributed by atoms with Crippen LogP contribution in [0.2, 0.25) is 0 Å². The van der Waals surface area contributed by atoms with Crippen molar-refractivity contribution in [1.82, 2.24) is 4.57 Å². The second kappa shape index (κ2) is 5.48. The summed E-state index contributed by atoms with van der Waals surface area (Å²) in [6.45, 7) is 0.150. The quantitative estimate of drug-likeness (QED) is 0.750. The molecule has 6 heteroatoms. The van der Waals surface area contributed by atoms with Crippen molar-refractivity contribution in [3.05, 3.63) is 74.7 Å². The van der Waals surface area contributed by atoms with Gasteiger partial charge in [-0.2, -0.15) is 0 Å². The highest BCUT2D eigenvalue weighted by molar-refractivity contribution is 5.79. The normalized spacial score (nSPS) is 11.0. The number of benzene rings is 2. The van der Waals surface area contributed by atoms with Crippen LogP contribution in [-0.4, -0.2) is 4.57 Å². The average molecular weight is 300 g/mol. The van der Waals surface area contributed by atoms with Crippen LogP contribution in [0.25, 0.3) is 11.0 Å². The number of nitrogen functional groups attached to an aromatic ring is 1. The van der Waals surface area contributed by atoms with Crippen LogP contribution in [0.3, 0.4) is 0 Å². The van der Waals surface area contributed by atoms with Crippen LogP contribution in [0.15, 0.2) is 56.5 Å². The maximum Gasteiger partial charge on any atom is 0.422 e. The number of nitrogens with two attached hydrogens (primary N) is 1. The third kappa shape index (κ3) is 2.63. The number of anilines is 1. The molecule has 0 saturated heterocycles. The summed E-state index contributed by atoms with van der Waals surface area (Å²) in [5.41, 5.74) is 6.66. The summed E-state index contributed by atoms with van der Waals surface area (Å²) in [5, 5.41) is 0.263. The number of hydrogen-bond acceptors (Lipinski definition) is 4. The highest BCUT2D eigenvalue weighted by atomic mass is 19.1. The van der Waals surface area contributed by atoms with Crippen molar-refractivity contribution in [3.63, 3.8) is 0 Å². The van der Waals surface area contributed by atoms with E-state index in [-0.39, 0.29) is 23.3 Å². The van der Waals surface area contributed by atoms with E-state index in [4.69, 9.17) is 10.2 Å². The topological polar surface area (TPSA) is 78.2 Å². The van der Waals surface area contributed by atoms with Crippen LogP contribution in [0, 0.1) is 5.82 Å². The molecule has 3 aromatic rings. The molecule has 0 saturated carbocycles. The fourth-order valence-corrected chi connectivity index (χ4v) is 2.27. The van der Waals surface area contributed by atoms with Gasteiger partial charge in [-0.1, -0.05) is 12.1 Å². The number of aryl methyl sites for hydroxylation is 1. The lowest BCUT2D eigenvalue weighted by molar-refractivity contribution is 0.456. The van der Waals surface area contributed by atoms with Gasteiger partial charge >= 0.3 is 5.76 Å². The number of fused-ring (bicyclic) bond motifs is 1. The smallest absolute Gasteiger partial charge is 0.409 e. The van der Waals surface area contributed by atoms with Crippen molar-refractivity contribution in [2.75, 3.05) is 5.73 Å². The second-order valence-electron chi connectivity index (χ2n) is 4.96. The zero-order valence-corrected chi connectivity index (χ0v) is 11.6. The first-order valence-electron chi connectivity index (χ1n) is 6.72. The number of halogens is 1. The highest BCUT2D eigenvalue weighted by Gasteiger charge is 2.10. The van der Waals surface area contributed by atoms with Crippen molar-refractivity contribution in [2.24, 2.45) is 0 Å². The third-order valence-electron chi connectivity index (χ3n) is 3.43. The lowest BCUT2D eigenvalue weighted by Gasteiger charge is -2.06. The fraction of sp³-hybridized carbons (Fsp3) is 0.125. The van der Waals surface area contributed by atoms with Crippen molar-refractivity contribution < 1.29 is 8.81 Å². The maximum absolute atomic E-state index is 12.9. The number of hydrogen-bond donors (Lipinski definition) is 1. The minimum atomic E-state index is -0.718. The standard InChI is InChI=1S/C16H13FN2O3/c17-11-3-1-10(2-4-11)7-8-19-15(20)13-9-12(18)5-6-14(13)22-16(19)21/h1-6,9H,7-8,18H2. The predicted molar refractivity (Wildman–Crippen MR) is 81.3 cm³/mol. The van der Waals surface area contributed by atoms with Crippen LogP contribution in [0.1, 0.15) is 5.56 Å². The van der Waals surface area contributed by atoms with Crippen LogP contribution < -0.4 is 17.0 Å². The van der Waals surface area contributed by atoms with Crippen molar-refractivity contribution in [1.29, 1.82) is 0 Å². The average Bonchev–Trinajstić information content (AvgIpc) is 2.50. The predicted octanol–water partition coefficient (Wildman–Crippen LogP) is 1.92. The van der Waals surface area contributed by atoms with Gasteiger partial charge in [0, 0.05) is 12.2 Å². The van der Waals surface area contributed by atoms with Gasteiger partial charge in [0.05, 0.1) is 5.39 Å². The Labute approximate surface area is 124 Å². The van der Waals surface area contributed by atoms with E-state index in [1.165, 1.54) is 24.3 Å². The molecule has 0 unspecified atom stereocenters. The molecule has 112 valence electrons. The molecule has 0 aliphatic carbocycles. The summed E-state index contributed by atoms with van der Waals surface area (Å²) >= 11 is 0. The van der Waals surface area contributed by atoms with Gasteiger partial charge in [0.15, 0.2) is 0 Å². The molecule has 22 heavy (non-hydrogen) atoms. The van der Waals surface area contributed by atoms with E-state index in [9.17, 15) is 14.0 Å². The Balaban J connectivity index is 1.98. The molecule has 0 spiro atoms. The molecule has 0 atom stereocenters. The van der Waals surface area contributed by atoms with E-state index < -0.39 is 11.3 Å². The molecule has 0 bridgehead atoms. The molecule has 2 aromatic carbocycles. The van der Waals surface area contributed by atoms with Crippen molar-refractivity contribution in [2.45, 2.75) is 13.0 Å². The molecule has 2 N–H and O–H groups in total. The largest absolute Gasteiger partial charge is 0.422 e. The van der Waals surface area contributed by atoms with E-state index in [1.807, 2.05) is 0 Å². The van der Waals surface area contributed by atoms with Gasteiger partial charge in [-0.3, -0.25) is 4.79 Å². The van der Waals surface area contributed by atoms with Gasteiger partial charge in [0.2, 0.25) is 0 Å². The van der Waals surface area contributed by atoms with E-state index >= 15 is 0 Å². The molecule has 3 rings (SSSR count). The van der Waals surface area contributed by atoms with Gasteiger partial charge in [0.1, 0.15) is 11.4 Å². The number of rotatable bonds is 3. The van der Waals surface area contributed by atoms with Crippen molar-refractivity contribution in [3.8, 4) is 0 Å². The highest BCUT2D eigenvalue weighted by Crippen LogP contribution is 2.12. The van der Waals surface area contributed by atoms with Crippen LogP contribution in [0.5, 0.6) is 0 Å².